The number of rotatable bonds is 6. The summed E-state index contributed by atoms with van der Waals surface area (Å²) in [6.07, 6.45) is 8.32. The Morgan fingerprint density at radius 3 is 2.05 bits per heavy atom. The van der Waals surface area contributed by atoms with E-state index in [9.17, 15) is 0 Å². The van der Waals surface area contributed by atoms with Gasteiger partial charge >= 0.3 is 0 Å². The number of furan rings is 1. The molecule has 0 fully saturated rings. The van der Waals surface area contributed by atoms with Gasteiger partial charge in [-0.1, -0.05) is 146 Å². The van der Waals surface area contributed by atoms with Gasteiger partial charge < -0.3 is 13.9 Å². The van der Waals surface area contributed by atoms with Crippen LogP contribution in [0.1, 0.15) is 45.7 Å². The molecule has 0 saturated carbocycles. The van der Waals surface area contributed by atoms with Gasteiger partial charge in [0.2, 0.25) is 0 Å². The van der Waals surface area contributed by atoms with E-state index in [2.05, 4.69) is 217 Å². The van der Waals surface area contributed by atoms with Crippen LogP contribution in [0.25, 0.3) is 66.4 Å². The van der Waals surface area contributed by atoms with Gasteiger partial charge in [0, 0.05) is 33.1 Å². The third kappa shape index (κ3) is 5.06. The Labute approximate surface area is 365 Å². The van der Waals surface area contributed by atoms with Crippen LogP contribution in [-0.4, -0.2) is 9.55 Å². The highest BCUT2D eigenvalue weighted by Crippen LogP contribution is 2.62. The van der Waals surface area contributed by atoms with Crippen molar-refractivity contribution in [3.63, 3.8) is 0 Å². The maximum atomic E-state index is 7.32. The molecule has 0 aliphatic heterocycles. The molecule has 63 heavy (non-hydrogen) atoms. The highest BCUT2D eigenvalue weighted by atomic mass is 16.3. The third-order valence-electron chi connectivity index (χ3n) is 13.6. The van der Waals surface area contributed by atoms with Crippen molar-refractivity contribution in [1.82, 2.24) is 9.55 Å². The lowest BCUT2D eigenvalue weighted by molar-refractivity contribution is 0.595. The maximum Gasteiger partial charge on any atom is 0.159 e. The topological polar surface area (TPSA) is 34.2 Å². The lowest BCUT2D eigenvalue weighted by atomic mass is 9.67. The molecule has 0 amide bonds. The lowest BCUT2D eigenvalue weighted by Gasteiger charge is -2.35. The van der Waals surface area contributed by atoms with Crippen molar-refractivity contribution in [1.29, 1.82) is 0 Å². The first-order valence-corrected chi connectivity index (χ1v) is 21.9. The molecular weight excluding hydrogens is 767 g/mol. The summed E-state index contributed by atoms with van der Waals surface area (Å²) in [5.74, 6) is 0.936. The molecule has 0 saturated heterocycles. The predicted octanol–water partition coefficient (Wildman–Crippen LogP) is 15.2. The standard InChI is InChI=1S/C59H41N3O/c1-38-32-34-43(37-60-38)62(51-30-17-29-50-55(51)45-26-13-15-28-49(45)61(50)42-23-9-4-10-24-42)52-36-48-57(56-46-27-14-16-31-53(46)63-58(52)56)54-44-25-12-11-18-39(44)33-35-47(54)59(48,40-19-5-2-6-20-40)41-21-7-3-8-22-41/h2-13,15-26,28-37H,14,27H2,1H3. The minimum absolute atomic E-state index is 0.651. The van der Waals surface area contributed by atoms with Gasteiger partial charge in [0.25, 0.3) is 0 Å². The minimum atomic E-state index is -0.651. The Bertz CT molecular complexity index is 3580. The van der Waals surface area contributed by atoms with E-state index < -0.39 is 5.41 Å². The molecule has 4 heteroatoms. The Hall–Kier alpha value is -7.95. The van der Waals surface area contributed by atoms with E-state index in [0.717, 1.165) is 69.0 Å². The van der Waals surface area contributed by atoms with Crippen molar-refractivity contribution < 1.29 is 4.42 Å². The van der Waals surface area contributed by atoms with Crippen LogP contribution in [0.2, 0.25) is 0 Å². The molecule has 0 spiro atoms. The quantitative estimate of drug-likeness (QED) is 0.168. The lowest BCUT2D eigenvalue weighted by Crippen LogP contribution is -2.28. The molecule has 8 aromatic carbocycles. The van der Waals surface area contributed by atoms with Crippen LogP contribution in [0.4, 0.5) is 17.1 Å². The summed E-state index contributed by atoms with van der Waals surface area (Å²) >= 11 is 0. The number of allylic oxidation sites excluding steroid dienone is 1. The molecule has 3 aromatic heterocycles. The first-order chi connectivity index (χ1) is 31.2. The smallest absolute Gasteiger partial charge is 0.159 e. The molecule has 0 radical (unpaired) electrons. The number of fused-ring (bicyclic) bond motifs is 12. The largest absolute Gasteiger partial charge is 0.454 e. The summed E-state index contributed by atoms with van der Waals surface area (Å²) in [6.45, 7) is 2.05. The molecule has 3 heterocycles. The number of hydrogen-bond acceptors (Lipinski definition) is 3. The van der Waals surface area contributed by atoms with Gasteiger partial charge in [-0.25, -0.2) is 0 Å². The fourth-order valence-electron chi connectivity index (χ4n) is 11.1. The van der Waals surface area contributed by atoms with Crippen LogP contribution in [0.3, 0.4) is 0 Å². The fourth-order valence-corrected chi connectivity index (χ4v) is 11.1. The van der Waals surface area contributed by atoms with Crippen molar-refractivity contribution in [2.45, 2.75) is 25.2 Å². The normalized spacial score (nSPS) is 13.7. The monoisotopic (exact) mass is 807 g/mol. The molecule has 11 aromatic rings. The average molecular weight is 808 g/mol. The van der Waals surface area contributed by atoms with E-state index in [1.54, 1.807) is 0 Å². The van der Waals surface area contributed by atoms with Gasteiger partial charge in [-0.3, -0.25) is 4.98 Å². The van der Waals surface area contributed by atoms with E-state index in [1.165, 1.54) is 60.5 Å². The highest BCUT2D eigenvalue weighted by molar-refractivity contribution is 6.20. The molecule has 0 unspecified atom stereocenters. The summed E-state index contributed by atoms with van der Waals surface area (Å²) in [6, 6.07) is 68.9. The molecule has 13 rings (SSSR count). The first kappa shape index (κ1) is 35.8. The van der Waals surface area contributed by atoms with Gasteiger partial charge in [-0.15, -0.1) is 0 Å². The SMILES string of the molecule is Cc1ccc(N(c2cc3c(c4c5c(oc24)C=CCC5)-c2c(ccc4ccccc24)C3(c2ccccc2)c2ccccc2)c2cccc3c2c2ccccc2n3-c2ccccc2)cn1. The van der Waals surface area contributed by atoms with Crippen LogP contribution in [0.15, 0.2) is 205 Å². The first-order valence-electron chi connectivity index (χ1n) is 21.9. The zero-order valence-corrected chi connectivity index (χ0v) is 34.8. The number of aryl methyl sites for hydroxylation is 2. The van der Waals surface area contributed by atoms with Crippen molar-refractivity contribution in [3.05, 3.63) is 240 Å². The van der Waals surface area contributed by atoms with Crippen LogP contribution in [0.5, 0.6) is 0 Å². The summed E-state index contributed by atoms with van der Waals surface area (Å²) < 4.78 is 9.72. The zero-order valence-electron chi connectivity index (χ0n) is 34.8. The number of hydrogen-bond donors (Lipinski definition) is 0. The van der Waals surface area contributed by atoms with E-state index in [-0.39, 0.29) is 0 Å². The van der Waals surface area contributed by atoms with Crippen LogP contribution >= 0.6 is 0 Å². The van der Waals surface area contributed by atoms with Crippen LogP contribution in [-0.2, 0) is 11.8 Å². The second kappa shape index (κ2) is 13.8. The molecule has 4 nitrogen and oxygen atoms in total. The number of pyridine rings is 1. The van der Waals surface area contributed by atoms with Gasteiger partial charge in [-0.2, -0.15) is 0 Å². The molecule has 298 valence electrons. The van der Waals surface area contributed by atoms with Crippen molar-refractivity contribution in [2.24, 2.45) is 0 Å². The molecule has 2 aliphatic carbocycles. The maximum absolute atomic E-state index is 7.32. The molecule has 0 N–H and O–H groups in total. The van der Waals surface area contributed by atoms with E-state index >= 15 is 0 Å². The Morgan fingerprint density at radius 2 is 1.29 bits per heavy atom. The van der Waals surface area contributed by atoms with Crippen molar-refractivity contribution in [3.8, 4) is 16.8 Å². The average Bonchev–Trinajstić information content (AvgIpc) is 4.00. The molecule has 0 bridgehead atoms. The van der Waals surface area contributed by atoms with Gasteiger partial charge in [-0.05, 0) is 119 Å². The number of benzene rings is 8. The molecule has 0 atom stereocenters. The van der Waals surface area contributed by atoms with Crippen LogP contribution < -0.4 is 4.90 Å². The number of anilines is 3. The number of para-hydroxylation sites is 2. The van der Waals surface area contributed by atoms with Gasteiger partial charge in [0.1, 0.15) is 5.76 Å². The Balaban J connectivity index is 1.23. The van der Waals surface area contributed by atoms with Crippen LogP contribution in [0, 0.1) is 6.92 Å². The van der Waals surface area contributed by atoms with E-state index in [0.29, 0.717) is 0 Å². The summed E-state index contributed by atoms with van der Waals surface area (Å²) in [5.41, 5.74) is 16.4. The zero-order chi connectivity index (χ0) is 41.6. The Morgan fingerprint density at radius 1 is 0.587 bits per heavy atom. The number of nitrogens with zero attached hydrogens (tertiary/aromatic N) is 3. The van der Waals surface area contributed by atoms with Gasteiger partial charge in [0.05, 0.1) is 39.7 Å². The summed E-state index contributed by atoms with van der Waals surface area (Å²) in [5, 5.41) is 6.00. The van der Waals surface area contributed by atoms with Crippen molar-refractivity contribution in [2.75, 3.05) is 4.90 Å². The second-order valence-electron chi connectivity index (χ2n) is 17.0. The molecule has 2 aliphatic rings. The highest BCUT2D eigenvalue weighted by Gasteiger charge is 2.49. The van der Waals surface area contributed by atoms with Crippen molar-refractivity contribution >= 4 is 66.7 Å². The summed E-state index contributed by atoms with van der Waals surface area (Å²) in [4.78, 5) is 7.40. The van der Waals surface area contributed by atoms with E-state index in [4.69, 9.17) is 9.40 Å². The van der Waals surface area contributed by atoms with Gasteiger partial charge in [0.15, 0.2) is 5.58 Å². The summed E-state index contributed by atoms with van der Waals surface area (Å²) in [7, 11) is 0. The number of aromatic nitrogens is 2. The molecular formula is C59H41N3O. The Kier molecular flexibility index (Phi) is 7.83. The fraction of sp³-hybridized carbons (Fsp3) is 0.0678. The second-order valence-corrected chi connectivity index (χ2v) is 17.0. The van der Waals surface area contributed by atoms with E-state index in [1.807, 2.05) is 6.20 Å². The third-order valence-corrected chi connectivity index (χ3v) is 13.6. The predicted molar refractivity (Wildman–Crippen MR) is 260 cm³/mol. The minimum Gasteiger partial charge on any atom is -0.454 e.